The summed E-state index contributed by atoms with van der Waals surface area (Å²) in [4.78, 5) is 49.7. The number of carboxylic acids is 1. The van der Waals surface area contributed by atoms with E-state index >= 15 is 0 Å². The minimum atomic E-state index is -1.48. The molecule has 0 saturated carbocycles. The molecule has 0 spiro atoms. The lowest BCUT2D eigenvalue weighted by Gasteiger charge is -2.31. The third-order valence-corrected chi connectivity index (χ3v) is 4.70. The Labute approximate surface area is 163 Å². The number of rotatable bonds is 9. The summed E-state index contributed by atoms with van der Waals surface area (Å²) in [5, 5.41) is 32.6. The summed E-state index contributed by atoms with van der Waals surface area (Å²) in [6, 6.07) is -4.61. The summed E-state index contributed by atoms with van der Waals surface area (Å²) in [5.74, 6) is -3.56. The highest BCUT2D eigenvalue weighted by molar-refractivity contribution is 5.94. The molecule has 11 heteroatoms. The molecule has 5 atom stereocenters. The van der Waals surface area contributed by atoms with Crippen molar-refractivity contribution in [2.24, 2.45) is 11.7 Å². The number of aliphatic carboxylic acids is 1. The van der Waals surface area contributed by atoms with Gasteiger partial charge in [-0.3, -0.25) is 14.4 Å². The number of nitrogens with zero attached hydrogens (tertiary/aromatic N) is 1. The van der Waals surface area contributed by atoms with Crippen LogP contribution in [0.2, 0.25) is 0 Å². The van der Waals surface area contributed by atoms with Gasteiger partial charge in [0.1, 0.15) is 18.1 Å². The third-order valence-electron chi connectivity index (χ3n) is 4.70. The van der Waals surface area contributed by atoms with Crippen LogP contribution in [-0.4, -0.2) is 87.3 Å². The number of carboxylic acid groups (broad SMARTS) is 1. The van der Waals surface area contributed by atoms with Crippen molar-refractivity contribution in [3.63, 3.8) is 0 Å². The Balaban J connectivity index is 2.91. The zero-order valence-electron chi connectivity index (χ0n) is 16.3. The van der Waals surface area contributed by atoms with Crippen LogP contribution < -0.4 is 16.4 Å². The standard InChI is InChI=1S/C17H30N4O7/c1-8(2)12(18)15(25)20-13(9(3)23)16(26)21-6-4-5-11(21)14(24)19-10(7-22)17(27)28/h8-13,22-23H,4-7,18H2,1-3H3,(H,19,24)(H,20,25)(H,27,28). The molecule has 1 saturated heterocycles. The molecule has 3 amide bonds. The predicted octanol–water partition coefficient (Wildman–Crippen LogP) is -2.61. The Hall–Kier alpha value is -2.24. The zero-order valence-corrected chi connectivity index (χ0v) is 16.3. The van der Waals surface area contributed by atoms with Gasteiger partial charge in [-0.2, -0.15) is 0 Å². The number of carbonyl (C=O) groups excluding carboxylic acids is 3. The molecule has 1 fully saturated rings. The lowest BCUT2D eigenvalue weighted by atomic mass is 10.0. The molecular formula is C17H30N4O7. The number of hydrogen-bond acceptors (Lipinski definition) is 7. The second kappa shape index (κ2) is 10.3. The van der Waals surface area contributed by atoms with E-state index in [0.717, 1.165) is 0 Å². The van der Waals surface area contributed by atoms with E-state index < -0.39 is 60.6 Å². The van der Waals surface area contributed by atoms with Crippen LogP contribution in [0.15, 0.2) is 0 Å². The molecule has 11 nitrogen and oxygen atoms in total. The molecule has 0 aromatic carbocycles. The van der Waals surface area contributed by atoms with Gasteiger partial charge >= 0.3 is 5.97 Å². The Morgan fingerprint density at radius 3 is 2.25 bits per heavy atom. The Morgan fingerprint density at radius 2 is 1.79 bits per heavy atom. The number of nitrogens with two attached hydrogens (primary N) is 1. The molecule has 160 valence electrons. The normalized spacial score (nSPS) is 21.0. The molecule has 0 radical (unpaired) electrons. The lowest BCUT2D eigenvalue weighted by Crippen LogP contribution is -2.60. The minimum absolute atomic E-state index is 0.179. The Kier molecular flexibility index (Phi) is 8.79. The van der Waals surface area contributed by atoms with Crippen molar-refractivity contribution in [1.82, 2.24) is 15.5 Å². The van der Waals surface area contributed by atoms with Crippen LogP contribution >= 0.6 is 0 Å². The maximum atomic E-state index is 12.9. The van der Waals surface area contributed by atoms with Crippen molar-refractivity contribution in [1.29, 1.82) is 0 Å². The van der Waals surface area contributed by atoms with Crippen LogP contribution in [0.3, 0.4) is 0 Å². The van der Waals surface area contributed by atoms with Crippen molar-refractivity contribution >= 4 is 23.7 Å². The van der Waals surface area contributed by atoms with E-state index in [1.807, 2.05) is 0 Å². The third kappa shape index (κ3) is 5.88. The average Bonchev–Trinajstić information content (AvgIpc) is 3.11. The fourth-order valence-corrected chi connectivity index (χ4v) is 2.88. The van der Waals surface area contributed by atoms with Crippen LogP contribution in [0.1, 0.15) is 33.6 Å². The zero-order chi connectivity index (χ0) is 21.6. The van der Waals surface area contributed by atoms with E-state index in [1.165, 1.54) is 11.8 Å². The largest absolute Gasteiger partial charge is 0.480 e. The quantitative estimate of drug-likeness (QED) is 0.242. The van der Waals surface area contributed by atoms with Crippen molar-refractivity contribution in [2.45, 2.75) is 63.9 Å². The first-order valence-corrected chi connectivity index (χ1v) is 9.19. The summed E-state index contributed by atoms with van der Waals surface area (Å²) in [6.45, 7) is 4.24. The molecule has 1 aliphatic heterocycles. The summed E-state index contributed by atoms with van der Waals surface area (Å²) in [7, 11) is 0. The number of aliphatic hydroxyl groups is 2. The van der Waals surface area contributed by atoms with E-state index in [2.05, 4.69) is 10.6 Å². The van der Waals surface area contributed by atoms with Crippen molar-refractivity contribution in [3.05, 3.63) is 0 Å². The maximum Gasteiger partial charge on any atom is 0.328 e. The molecule has 1 heterocycles. The lowest BCUT2D eigenvalue weighted by molar-refractivity contribution is -0.146. The van der Waals surface area contributed by atoms with Crippen LogP contribution in [-0.2, 0) is 19.2 Å². The first-order valence-electron chi connectivity index (χ1n) is 9.19. The fraction of sp³-hybridized carbons (Fsp3) is 0.765. The van der Waals surface area contributed by atoms with Gasteiger partial charge in [0.15, 0.2) is 0 Å². The molecule has 7 N–H and O–H groups in total. The number of aliphatic hydroxyl groups excluding tert-OH is 2. The van der Waals surface area contributed by atoms with E-state index in [1.54, 1.807) is 13.8 Å². The van der Waals surface area contributed by atoms with Gasteiger partial charge in [-0.25, -0.2) is 4.79 Å². The molecule has 0 aromatic heterocycles. The average molecular weight is 402 g/mol. The van der Waals surface area contributed by atoms with Crippen LogP contribution in [0, 0.1) is 5.92 Å². The summed E-state index contributed by atoms with van der Waals surface area (Å²) < 4.78 is 0. The fourth-order valence-electron chi connectivity index (χ4n) is 2.88. The Bertz CT molecular complexity index is 596. The van der Waals surface area contributed by atoms with Gasteiger partial charge in [0.25, 0.3) is 0 Å². The summed E-state index contributed by atoms with van der Waals surface area (Å²) in [5.41, 5.74) is 5.77. The van der Waals surface area contributed by atoms with Gasteiger partial charge in [-0.15, -0.1) is 0 Å². The molecule has 1 aliphatic rings. The maximum absolute atomic E-state index is 12.9. The number of carbonyl (C=O) groups is 4. The van der Waals surface area contributed by atoms with Crippen LogP contribution in [0.25, 0.3) is 0 Å². The van der Waals surface area contributed by atoms with E-state index in [-0.39, 0.29) is 12.5 Å². The molecular weight excluding hydrogens is 372 g/mol. The van der Waals surface area contributed by atoms with E-state index in [0.29, 0.717) is 12.8 Å². The monoisotopic (exact) mass is 402 g/mol. The first kappa shape index (κ1) is 23.8. The highest BCUT2D eigenvalue weighted by atomic mass is 16.4. The van der Waals surface area contributed by atoms with Crippen molar-refractivity contribution < 1.29 is 34.5 Å². The predicted molar refractivity (Wildman–Crippen MR) is 97.8 cm³/mol. The number of likely N-dealkylation sites (tertiary alicyclic amines) is 1. The molecule has 28 heavy (non-hydrogen) atoms. The van der Waals surface area contributed by atoms with E-state index in [9.17, 15) is 24.3 Å². The van der Waals surface area contributed by atoms with Crippen LogP contribution in [0.5, 0.6) is 0 Å². The Morgan fingerprint density at radius 1 is 1.18 bits per heavy atom. The number of amides is 3. The van der Waals surface area contributed by atoms with E-state index in [4.69, 9.17) is 15.9 Å². The first-order chi connectivity index (χ1) is 13.0. The van der Waals surface area contributed by atoms with Gasteiger partial charge in [0.05, 0.1) is 18.8 Å². The number of hydrogen-bond donors (Lipinski definition) is 6. The van der Waals surface area contributed by atoms with Crippen molar-refractivity contribution in [2.75, 3.05) is 13.2 Å². The van der Waals surface area contributed by atoms with Gasteiger partial charge in [0.2, 0.25) is 17.7 Å². The van der Waals surface area contributed by atoms with Gasteiger partial charge in [-0.1, -0.05) is 13.8 Å². The second-order valence-electron chi connectivity index (χ2n) is 7.27. The number of nitrogens with one attached hydrogen (secondary N) is 2. The minimum Gasteiger partial charge on any atom is -0.480 e. The molecule has 5 unspecified atom stereocenters. The van der Waals surface area contributed by atoms with Crippen molar-refractivity contribution in [3.8, 4) is 0 Å². The summed E-state index contributed by atoms with van der Waals surface area (Å²) in [6.07, 6.45) is -0.446. The van der Waals surface area contributed by atoms with Gasteiger partial charge in [-0.05, 0) is 25.7 Å². The van der Waals surface area contributed by atoms with Crippen LogP contribution in [0.4, 0.5) is 0 Å². The molecule has 1 rings (SSSR count). The molecule has 0 aliphatic carbocycles. The SMILES string of the molecule is CC(C)C(N)C(=O)NC(C(=O)N1CCCC1C(=O)NC(CO)C(=O)O)C(C)O. The van der Waals surface area contributed by atoms with Gasteiger partial charge < -0.3 is 36.6 Å². The summed E-state index contributed by atoms with van der Waals surface area (Å²) >= 11 is 0. The smallest absolute Gasteiger partial charge is 0.328 e. The highest BCUT2D eigenvalue weighted by Crippen LogP contribution is 2.19. The topological polar surface area (TPSA) is 182 Å². The highest BCUT2D eigenvalue weighted by Gasteiger charge is 2.40. The molecule has 0 aromatic rings. The molecule has 0 bridgehead atoms. The second-order valence-corrected chi connectivity index (χ2v) is 7.27. The van der Waals surface area contributed by atoms with Gasteiger partial charge in [0, 0.05) is 6.54 Å².